The lowest BCUT2D eigenvalue weighted by Gasteiger charge is -2.27. The molecule has 18 heteroatoms. The van der Waals surface area contributed by atoms with Gasteiger partial charge in [0.05, 0.1) is 23.5 Å². The summed E-state index contributed by atoms with van der Waals surface area (Å²) in [5.41, 5.74) is 10.1. The van der Waals surface area contributed by atoms with Crippen LogP contribution >= 0.6 is 0 Å². The number of oxazole rings is 2. The van der Waals surface area contributed by atoms with Crippen molar-refractivity contribution in [1.29, 1.82) is 0 Å². The Kier molecular flexibility index (Phi) is 11.9. The van der Waals surface area contributed by atoms with Gasteiger partial charge in [-0.25, -0.2) is 24.9 Å². The molecule has 0 unspecified atom stereocenters. The number of fused-ring (bicyclic) bond motifs is 2. The third-order valence-electron chi connectivity index (χ3n) is 9.78. The SMILES string of the molecule is CCc1nc(C)oc1C(=O)Nc1nc2cc(C)cnc2n1C/C=C/Cn1c(NC(=O)c2oc(C)nc2CC)nc2cc(C(N)=O)cc(OCCCN3CCNCC3)c21. The Hall–Kier alpha value is -6.40. The van der Waals surface area contributed by atoms with Crippen LogP contribution < -0.4 is 26.4 Å². The Labute approximate surface area is 334 Å². The van der Waals surface area contributed by atoms with Gasteiger partial charge < -0.3 is 34.1 Å². The molecule has 1 aliphatic heterocycles. The van der Waals surface area contributed by atoms with E-state index in [-0.39, 0.29) is 42.1 Å². The van der Waals surface area contributed by atoms with Crippen LogP contribution in [0.3, 0.4) is 0 Å². The van der Waals surface area contributed by atoms with E-state index < -0.39 is 17.7 Å². The van der Waals surface area contributed by atoms with Gasteiger partial charge in [0.1, 0.15) is 16.8 Å². The number of nitrogens with two attached hydrogens (primary N) is 1. The summed E-state index contributed by atoms with van der Waals surface area (Å²) >= 11 is 0. The molecule has 1 aliphatic rings. The van der Waals surface area contributed by atoms with E-state index in [1.54, 1.807) is 41.3 Å². The Balaban J connectivity index is 1.21. The van der Waals surface area contributed by atoms with Gasteiger partial charge in [0.2, 0.25) is 29.3 Å². The molecule has 304 valence electrons. The minimum Gasteiger partial charge on any atom is -0.491 e. The van der Waals surface area contributed by atoms with Crippen molar-refractivity contribution in [2.75, 3.05) is 50.0 Å². The number of anilines is 2. The van der Waals surface area contributed by atoms with E-state index in [2.05, 4.69) is 35.8 Å². The fraction of sp³-hybridized carbons (Fsp3) is 0.400. The molecular weight excluding hydrogens is 745 g/mol. The molecule has 6 aromatic rings. The average molecular weight is 793 g/mol. The molecule has 0 spiro atoms. The maximum Gasteiger partial charge on any atom is 0.295 e. The van der Waals surface area contributed by atoms with Gasteiger partial charge in [-0.3, -0.25) is 29.6 Å². The summed E-state index contributed by atoms with van der Waals surface area (Å²) in [6.45, 7) is 14.6. The monoisotopic (exact) mass is 792 g/mol. The summed E-state index contributed by atoms with van der Waals surface area (Å²) in [6, 6.07) is 5.09. The smallest absolute Gasteiger partial charge is 0.295 e. The number of hydrogen-bond donors (Lipinski definition) is 4. The molecule has 3 amide bonds. The zero-order valence-corrected chi connectivity index (χ0v) is 33.3. The quantitative estimate of drug-likeness (QED) is 0.0791. The standard InChI is InChI=1S/C40H48N12O6/c1-6-27-33(57-24(4)44-27)37(54)48-39-46-29-20-26(35(41)53)21-31(56-18-10-13-50-16-11-42-12-17-50)32(29)51(39)14-8-9-15-52-36-30(19-23(3)22-43-36)47-40(52)49-38(55)34-28(7-2)45-25(5)58-34/h8-9,19-22,42H,6-7,10-18H2,1-5H3,(H2,41,53)(H,46,48,54)(H,47,49,55)/b9-8+. The number of nitrogens with one attached hydrogen (secondary N) is 3. The molecule has 0 radical (unpaired) electrons. The van der Waals surface area contributed by atoms with Crippen LogP contribution in [0.1, 0.15) is 80.5 Å². The first-order valence-corrected chi connectivity index (χ1v) is 19.5. The number of hydrogen-bond acceptors (Lipinski definition) is 13. The topological polar surface area (TPSA) is 226 Å². The van der Waals surface area contributed by atoms with Gasteiger partial charge in [-0.15, -0.1) is 0 Å². The van der Waals surface area contributed by atoms with E-state index in [4.69, 9.17) is 29.3 Å². The predicted octanol–water partition coefficient (Wildman–Crippen LogP) is 4.34. The minimum atomic E-state index is -0.638. The van der Waals surface area contributed by atoms with Crippen LogP contribution in [-0.4, -0.2) is 96.0 Å². The van der Waals surface area contributed by atoms with Gasteiger partial charge in [0, 0.05) is 71.4 Å². The lowest BCUT2D eigenvalue weighted by Crippen LogP contribution is -2.43. The lowest BCUT2D eigenvalue weighted by atomic mass is 10.1. The second-order valence-corrected chi connectivity index (χ2v) is 14.1. The maximum absolute atomic E-state index is 13.7. The van der Waals surface area contributed by atoms with Gasteiger partial charge in [0.15, 0.2) is 17.4 Å². The average Bonchev–Trinajstić information content (AvgIpc) is 3.97. The third kappa shape index (κ3) is 8.62. The van der Waals surface area contributed by atoms with Crippen molar-refractivity contribution in [1.82, 2.24) is 44.3 Å². The van der Waals surface area contributed by atoms with Gasteiger partial charge >= 0.3 is 0 Å². The predicted molar refractivity (Wildman–Crippen MR) is 216 cm³/mol. The van der Waals surface area contributed by atoms with E-state index in [1.807, 2.05) is 39.0 Å². The van der Waals surface area contributed by atoms with E-state index in [9.17, 15) is 14.4 Å². The van der Waals surface area contributed by atoms with Crippen LogP contribution in [0.25, 0.3) is 22.2 Å². The molecule has 58 heavy (non-hydrogen) atoms. The summed E-state index contributed by atoms with van der Waals surface area (Å²) in [6.07, 6.45) is 7.30. The Morgan fingerprint density at radius 2 is 1.45 bits per heavy atom. The fourth-order valence-corrected chi connectivity index (χ4v) is 6.99. The van der Waals surface area contributed by atoms with Crippen LogP contribution in [0, 0.1) is 20.8 Å². The molecular formula is C40H48N12O6. The number of rotatable bonds is 16. The van der Waals surface area contributed by atoms with Crippen LogP contribution in [0.5, 0.6) is 5.75 Å². The molecule has 1 saturated heterocycles. The van der Waals surface area contributed by atoms with Gasteiger partial charge in [-0.1, -0.05) is 26.0 Å². The highest BCUT2D eigenvalue weighted by Crippen LogP contribution is 2.32. The normalized spacial score (nSPS) is 13.5. The molecule has 5 N–H and O–H groups in total. The highest BCUT2D eigenvalue weighted by atomic mass is 16.5. The number of ether oxygens (including phenoxy) is 1. The number of carbonyl (C=O) groups is 3. The van der Waals surface area contributed by atoms with Crippen molar-refractivity contribution < 1.29 is 28.0 Å². The van der Waals surface area contributed by atoms with Crippen LogP contribution in [0.2, 0.25) is 0 Å². The first kappa shape index (κ1) is 39.8. The summed E-state index contributed by atoms with van der Waals surface area (Å²) in [4.78, 5) is 64.7. The summed E-state index contributed by atoms with van der Waals surface area (Å²) in [5.74, 6) is 0.239. The first-order valence-electron chi connectivity index (χ1n) is 19.5. The fourth-order valence-electron chi connectivity index (χ4n) is 6.99. The second-order valence-electron chi connectivity index (χ2n) is 14.1. The molecule has 0 bridgehead atoms. The number of benzene rings is 1. The zero-order chi connectivity index (χ0) is 40.9. The number of pyridine rings is 1. The van der Waals surface area contributed by atoms with E-state index >= 15 is 0 Å². The van der Waals surface area contributed by atoms with E-state index in [0.717, 1.165) is 44.7 Å². The summed E-state index contributed by atoms with van der Waals surface area (Å²) in [7, 11) is 0. The van der Waals surface area contributed by atoms with E-state index in [0.29, 0.717) is 70.6 Å². The second kappa shape index (κ2) is 17.4. The van der Waals surface area contributed by atoms with Crippen molar-refractivity contribution in [2.45, 2.75) is 67.0 Å². The zero-order valence-electron chi connectivity index (χ0n) is 33.3. The first-order chi connectivity index (χ1) is 28.0. The van der Waals surface area contributed by atoms with Crippen molar-refractivity contribution in [2.24, 2.45) is 5.73 Å². The van der Waals surface area contributed by atoms with Crippen molar-refractivity contribution in [3.63, 3.8) is 0 Å². The molecule has 0 aliphatic carbocycles. The number of amides is 3. The largest absolute Gasteiger partial charge is 0.491 e. The van der Waals surface area contributed by atoms with E-state index in [1.165, 1.54) is 0 Å². The van der Waals surface area contributed by atoms with Crippen molar-refractivity contribution in [3.05, 3.63) is 82.4 Å². The molecule has 0 saturated carbocycles. The number of piperazine rings is 1. The minimum absolute atomic E-state index is 0.0900. The van der Waals surface area contributed by atoms with Crippen LogP contribution in [0.15, 0.2) is 45.4 Å². The molecule has 6 heterocycles. The lowest BCUT2D eigenvalue weighted by molar-refractivity contribution is 0.0985. The Morgan fingerprint density at radius 3 is 2.07 bits per heavy atom. The molecule has 0 atom stereocenters. The molecule has 1 fully saturated rings. The number of allylic oxidation sites excluding steroid dienone is 2. The Morgan fingerprint density at radius 1 is 0.845 bits per heavy atom. The maximum atomic E-state index is 13.7. The van der Waals surface area contributed by atoms with Gasteiger partial charge in [-0.05, 0) is 49.9 Å². The summed E-state index contributed by atoms with van der Waals surface area (Å²) < 4.78 is 21.3. The van der Waals surface area contributed by atoms with Crippen LogP contribution in [0.4, 0.5) is 11.9 Å². The number of nitrogens with zero attached hydrogens (tertiary/aromatic N) is 8. The molecule has 18 nitrogen and oxygen atoms in total. The van der Waals surface area contributed by atoms with Gasteiger partial charge in [-0.2, -0.15) is 0 Å². The van der Waals surface area contributed by atoms with Crippen molar-refractivity contribution in [3.8, 4) is 5.75 Å². The number of primary amides is 1. The number of aryl methyl sites for hydroxylation is 5. The highest BCUT2D eigenvalue weighted by Gasteiger charge is 2.24. The number of carbonyl (C=O) groups excluding carboxylic acids is 3. The summed E-state index contributed by atoms with van der Waals surface area (Å²) in [5, 5.41) is 9.17. The Bertz CT molecular complexity index is 2500. The van der Waals surface area contributed by atoms with Gasteiger partial charge in [0.25, 0.3) is 11.8 Å². The number of imidazole rings is 2. The molecule has 7 rings (SSSR count). The molecule has 5 aromatic heterocycles. The van der Waals surface area contributed by atoms with Crippen molar-refractivity contribution >= 4 is 51.8 Å². The number of aromatic nitrogens is 7. The van der Waals surface area contributed by atoms with Crippen LogP contribution in [-0.2, 0) is 25.9 Å². The third-order valence-corrected chi connectivity index (χ3v) is 9.78. The highest BCUT2D eigenvalue weighted by molar-refractivity contribution is 6.04. The molecule has 1 aromatic carbocycles.